The number of hydrogen-bond acceptors (Lipinski definition) is 1. The molecule has 0 fully saturated rings. The second-order valence-corrected chi connectivity index (χ2v) is 2.66. The molecule has 0 saturated heterocycles. The number of rotatable bonds is 5. The van der Waals surface area contributed by atoms with Crippen LogP contribution in [0.3, 0.4) is 0 Å². The minimum absolute atomic E-state index is 0.0778. The van der Waals surface area contributed by atoms with Crippen LogP contribution in [0.1, 0.15) is 25.7 Å². The van der Waals surface area contributed by atoms with Gasteiger partial charge in [0, 0.05) is 6.42 Å². The highest BCUT2D eigenvalue weighted by Gasteiger charge is 2.25. The standard InChI is InChI=1S/C8H13F3O/c1-2-7(12)5-3-4-6-8(9,10)11/h2,7,12H,1,3-6H2. The van der Waals surface area contributed by atoms with Gasteiger partial charge in [-0.05, 0) is 12.8 Å². The first-order valence-electron chi connectivity index (χ1n) is 3.83. The maximum Gasteiger partial charge on any atom is 0.389 e. The van der Waals surface area contributed by atoms with E-state index in [0.717, 1.165) is 0 Å². The largest absolute Gasteiger partial charge is 0.389 e. The molecule has 12 heavy (non-hydrogen) atoms. The number of alkyl halides is 3. The normalized spacial score (nSPS) is 14.3. The van der Waals surface area contributed by atoms with Crippen molar-refractivity contribution in [1.82, 2.24) is 0 Å². The highest BCUT2D eigenvalue weighted by atomic mass is 19.4. The topological polar surface area (TPSA) is 20.2 Å². The average molecular weight is 182 g/mol. The maximum atomic E-state index is 11.6. The van der Waals surface area contributed by atoms with Crippen molar-refractivity contribution in [3.63, 3.8) is 0 Å². The molecule has 0 aliphatic rings. The van der Waals surface area contributed by atoms with E-state index in [1.54, 1.807) is 0 Å². The van der Waals surface area contributed by atoms with Crippen molar-refractivity contribution in [1.29, 1.82) is 0 Å². The number of halogens is 3. The van der Waals surface area contributed by atoms with Crippen molar-refractivity contribution in [2.45, 2.75) is 38.0 Å². The molecule has 0 bridgehead atoms. The lowest BCUT2D eigenvalue weighted by Crippen LogP contribution is -2.07. The summed E-state index contributed by atoms with van der Waals surface area (Å²) < 4.78 is 34.7. The molecule has 1 atom stereocenters. The highest BCUT2D eigenvalue weighted by Crippen LogP contribution is 2.22. The van der Waals surface area contributed by atoms with Crippen LogP contribution >= 0.6 is 0 Å². The Bertz CT molecular complexity index is 131. The first-order valence-corrected chi connectivity index (χ1v) is 3.83. The third-order valence-corrected chi connectivity index (χ3v) is 1.48. The van der Waals surface area contributed by atoms with Gasteiger partial charge in [0.05, 0.1) is 6.10 Å². The van der Waals surface area contributed by atoms with Crippen molar-refractivity contribution in [2.24, 2.45) is 0 Å². The first kappa shape index (κ1) is 11.5. The van der Waals surface area contributed by atoms with Gasteiger partial charge in [0.2, 0.25) is 0 Å². The summed E-state index contributed by atoms with van der Waals surface area (Å²) in [6, 6.07) is 0. The van der Waals surface area contributed by atoms with Gasteiger partial charge in [-0.3, -0.25) is 0 Å². The third-order valence-electron chi connectivity index (χ3n) is 1.48. The molecule has 4 heteroatoms. The molecule has 72 valence electrons. The molecular weight excluding hydrogens is 169 g/mol. The first-order chi connectivity index (χ1) is 5.45. The summed E-state index contributed by atoms with van der Waals surface area (Å²) in [6.07, 6.45) is -3.36. The van der Waals surface area contributed by atoms with E-state index in [-0.39, 0.29) is 6.42 Å². The zero-order valence-electron chi connectivity index (χ0n) is 6.77. The molecule has 0 radical (unpaired) electrons. The molecule has 1 unspecified atom stereocenters. The Balaban J connectivity index is 3.27. The molecule has 0 spiro atoms. The molecule has 0 amide bonds. The fraction of sp³-hybridized carbons (Fsp3) is 0.750. The average Bonchev–Trinajstić information content (AvgIpc) is 1.96. The smallest absolute Gasteiger partial charge is 0.389 e. The summed E-state index contributed by atoms with van der Waals surface area (Å²) in [5, 5.41) is 8.89. The van der Waals surface area contributed by atoms with Crippen molar-refractivity contribution < 1.29 is 18.3 Å². The van der Waals surface area contributed by atoms with Gasteiger partial charge < -0.3 is 5.11 Å². The monoisotopic (exact) mass is 182 g/mol. The minimum atomic E-state index is -4.07. The number of aliphatic hydroxyl groups is 1. The van der Waals surface area contributed by atoms with Crippen molar-refractivity contribution in [3.05, 3.63) is 12.7 Å². The lowest BCUT2D eigenvalue weighted by molar-refractivity contribution is -0.135. The van der Waals surface area contributed by atoms with E-state index >= 15 is 0 Å². The van der Waals surface area contributed by atoms with E-state index in [1.807, 2.05) is 0 Å². The lowest BCUT2D eigenvalue weighted by atomic mass is 10.1. The SMILES string of the molecule is C=CC(O)CCCCC(F)(F)F. The zero-order valence-corrected chi connectivity index (χ0v) is 6.77. The van der Waals surface area contributed by atoms with E-state index in [9.17, 15) is 13.2 Å². The predicted molar refractivity (Wildman–Crippen MR) is 40.7 cm³/mol. The lowest BCUT2D eigenvalue weighted by Gasteiger charge is -2.06. The Hall–Kier alpha value is -0.510. The van der Waals surface area contributed by atoms with E-state index in [2.05, 4.69) is 6.58 Å². The second-order valence-electron chi connectivity index (χ2n) is 2.66. The van der Waals surface area contributed by atoms with Gasteiger partial charge >= 0.3 is 6.18 Å². The Labute approximate surface area is 69.9 Å². The zero-order chi connectivity index (χ0) is 9.61. The van der Waals surface area contributed by atoms with Crippen LogP contribution in [0.15, 0.2) is 12.7 Å². The van der Waals surface area contributed by atoms with Crippen LogP contribution in [0.2, 0.25) is 0 Å². The van der Waals surface area contributed by atoms with Crippen LogP contribution in [0.5, 0.6) is 0 Å². The van der Waals surface area contributed by atoms with Gasteiger partial charge in [-0.15, -0.1) is 6.58 Å². The summed E-state index contributed by atoms with van der Waals surface area (Å²) >= 11 is 0. The van der Waals surface area contributed by atoms with Crippen LogP contribution in [0.4, 0.5) is 13.2 Å². The van der Waals surface area contributed by atoms with Crippen molar-refractivity contribution in [2.75, 3.05) is 0 Å². The summed E-state index contributed by atoms with van der Waals surface area (Å²) in [5.74, 6) is 0. The van der Waals surface area contributed by atoms with Gasteiger partial charge in [0.15, 0.2) is 0 Å². The molecule has 0 saturated carbocycles. The molecule has 0 aromatic carbocycles. The summed E-state index contributed by atoms with van der Waals surface area (Å²) in [7, 11) is 0. The van der Waals surface area contributed by atoms with Gasteiger partial charge in [-0.1, -0.05) is 12.5 Å². The second kappa shape index (κ2) is 5.19. The summed E-state index contributed by atoms with van der Waals surface area (Å²) in [4.78, 5) is 0. The molecule has 0 aliphatic heterocycles. The van der Waals surface area contributed by atoms with E-state index < -0.39 is 18.7 Å². The fourth-order valence-electron chi connectivity index (χ4n) is 0.797. The van der Waals surface area contributed by atoms with E-state index in [4.69, 9.17) is 5.11 Å². The van der Waals surface area contributed by atoms with Crippen molar-refractivity contribution in [3.8, 4) is 0 Å². The van der Waals surface area contributed by atoms with Crippen LogP contribution < -0.4 is 0 Å². The minimum Gasteiger partial charge on any atom is -0.389 e. The molecule has 0 rings (SSSR count). The van der Waals surface area contributed by atoms with Crippen LogP contribution in [0.25, 0.3) is 0 Å². The van der Waals surface area contributed by atoms with Gasteiger partial charge in [-0.2, -0.15) is 13.2 Å². The Morgan fingerprint density at radius 2 is 1.92 bits per heavy atom. The molecule has 1 nitrogen and oxygen atoms in total. The molecule has 0 aromatic heterocycles. The molecular formula is C8H13F3O. The number of hydrogen-bond donors (Lipinski definition) is 1. The van der Waals surface area contributed by atoms with Crippen LogP contribution in [-0.2, 0) is 0 Å². The van der Waals surface area contributed by atoms with Crippen molar-refractivity contribution >= 4 is 0 Å². The van der Waals surface area contributed by atoms with E-state index in [0.29, 0.717) is 12.8 Å². The van der Waals surface area contributed by atoms with Gasteiger partial charge in [-0.25, -0.2) is 0 Å². The van der Waals surface area contributed by atoms with Crippen LogP contribution in [0, 0.1) is 0 Å². The maximum absolute atomic E-state index is 11.6. The third kappa shape index (κ3) is 7.60. The Morgan fingerprint density at radius 3 is 2.33 bits per heavy atom. The summed E-state index contributed by atoms with van der Waals surface area (Å²) in [6.45, 7) is 3.32. The highest BCUT2D eigenvalue weighted by molar-refractivity contribution is 4.77. The Kier molecular flexibility index (Phi) is 4.97. The van der Waals surface area contributed by atoms with E-state index in [1.165, 1.54) is 6.08 Å². The molecule has 0 aromatic rings. The molecule has 0 aliphatic carbocycles. The quantitative estimate of drug-likeness (QED) is 0.512. The molecule has 1 N–H and O–H groups in total. The van der Waals surface area contributed by atoms with Gasteiger partial charge in [0.1, 0.15) is 0 Å². The van der Waals surface area contributed by atoms with Gasteiger partial charge in [0.25, 0.3) is 0 Å². The summed E-state index contributed by atoms with van der Waals surface area (Å²) in [5.41, 5.74) is 0. The fourth-order valence-corrected chi connectivity index (χ4v) is 0.797. The van der Waals surface area contributed by atoms with Crippen LogP contribution in [-0.4, -0.2) is 17.4 Å². The number of aliphatic hydroxyl groups excluding tert-OH is 1. The Morgan fingerprint density at radius 1 is 1.33 bits per heavy atom. The number of unbranched alkanes of at least 4 members (excludes halogenated alkanes) is 1. The predicted octanol–water partition coefficient (Wildman–Crippen LogP) is 2.66. The molecule has 0 heterocycles.